The van der Waals surface area contributed by atoms with Crippen molar-refractivity contribution >= 4 is 11.7 Å². The van der Waals surface area contributed by atoms with Gasteiger partial charge in [-0.3, -0.25) is 4.79 Å². The van der Waals surface area contributed by atoms with E-state index in [1.807, 2.05) is 26.0 Å². The van der Waals surface area contributed by atoms with E-state index in [0.717, 1.165) is 0 Å². The molecule has 1 aromatic rings. The van der Waals surface area contributed by atoms with Gasteiger partial charge in [0.25, 0.3) is 0 Å². The maximum Gasteiger partial charge on any atom is 0.228 e. The Labute approximate surface area is 97.3 Å². The van der Waals surface area contributed by atoms with Crippen LogP contribution in [0.15, 0.2) is 18.3 Å². The number of nitrogens with one attached hydrogen (secondary N) is 1. The molecule has 16 heavy (non-hydrogen) atoms. The molecule has 1 amide bonds. The summed E-state index contributed by atoms with van der Waals surface area (Å²) in [6, 6.07) is 3.91. The van der Waals surface area contributed by atoms with Gasteiger partial charge in [-0.05, 0) is 23.1 Å². The van der Waals surface area contributed by atoms with Gasteiger partial charge in [0.15, 0.2) is 0 Å². The molecule has 0 aromatic carbocycles. The van der Waals surface area contributed by atoms with Crippen LogP contribution < -0.4 is 5.32 Å². The van der Waals surface area contributed by atoms with E-state index in [1.54, 1.807) is 6.20 Å². The molecule has 0 aliphatic heterocycles. The highest BCUT2D eigenvalue weighted by molar-refractivity contribution is 5.91. The van der Waals surface area contributed by atoms with Crippen molar-refractivity contribution in [2.45, 2.75) is 40.0 Å². The van der Waals surface area contributed by atoms with Crippen molar-refractivity contribution in [3.05, 3.63) is 23.9 Å². The normalized spacial score (nSPS) is 11.6. The van der Waals surface area contributed by atoms with Crippen LogP contribution in [0, 0.1) is 5.92 Å². The average molecular weight is 220 g/mol. The number of pyridine rings is 1. The maximum atomic E-state index is 11.5. The number of carbonyl (C=O) groups is 1. The van der Waals surface area contributed by atoms with Gasteiger partial charge in [0.2, 0.25) is 5.91 Å². The van der Waals surface area contributed by atoms with Gasteiger partial charge in [0, 0.05) is 12.1 Å². The number of hydrogen-bond donors (Lipinski definition) is 1. The first-order chi connectivity index (χ1) is 7.30. The fourth-order valence-electron chi connectivity index (χ4n) is 1.24. The number of hydrogen-bond acceptors (Lipinski definition) is 2. The average Bonchev–Trinajstić information content (AvgIpc) is 2.16. The molecule has 0 aliphatic carbocycles. The Morgan fingerprint density at radius 2 is 2.00 bits per heavy atom. The van der Waals surface area contributed by atoms with Crippen LogP contribution in [0.25, 0.3) is 0 Å². The molecule has 3 heteroatoms. The van der Waals surface area contributed by atoms with Crippen molar-refractivity contribution in [2.24, 2.45) is 5.92 Å². The molecule has 0 spiro atoms. The number of aromatic nitrogens is 1. The Kier molecular flexibility index (Phi) is 3.68. The summed E-state index contributed by atoms with van der Waals surface area (Å²) in [5.74, 6) is 0.602. The summed E-state index contributed by atoms with van der Waals surface area (Å²) in [4.78, 5) is 15.7. The third-order valence-electron chi connectivity index (χ3n) is 2.40. The summed E-state index contributed by atoms with van der Waals surface area (Å²) in [5.41, 5.74) is 1.24. The standard InChI is InChI=1S/C13H20N2O/c1-9(2)12(16)15-11-8-10(6-7-14-11)13(3,4)5/h6-9H,1-5H3,(H,14,15,16). The maximum absolute atomic E-state index is 11.5. The number of anilines is 1. The van der Waals surface area contributed by atoms with Crippen molar-refractivity contribution in [3.8, 4) is 0 Å². The summed E-state index contributed by atoms with van der Waals surface area (Å²) in [6.07, 6.45) is 1.73. The second-order valence-electron chi connectivity index (χ2n) is 5.32. The number of carbonyl (C=O) groups excluding carboxylic acids is 1. The Balaban J connectivity index is 2.88. The number of nitrogens with zero attached hydrogens (tertiary/aromatic N) is 1. The minimum atomic E-state index is -0.0277. The third-order valence-corrected chi connectivity index (χ3v) is 2.40. The second kappa shape index (κ2) is 4.64. The molecule has 0 bridgehead atoms. The lowest BCUT2D eigenvalue weighted by atomic mass is 9.88. The lowest BCUT2D eigenvalue weighted by Gasteiger charge is -2.19. The minimum Gasteiger partial charge on any atom is -0.310 e. The zero-order chi connectivity index (χ0) is 12.3. The van der Waals surface area contributed by atoms with Crippen LogP contribution in [0.5, 0.6) is 0 Å². The van der Waals surface area contributed by atoms with Gasteiger partial charge in [-0.15, -0.1) is 0 Å². The lowest BCUT2D eigenvalue weighted by molar-refractivity contribution is -0.118. The van der Waals surface area contributed by atoms with Gasteiger partial charge in [-0.1, -0.05) is 34.6 Å². The Bertz CT molecular complexity index is 378. The van der Waals surface area contributed by atoms with Gasteiger partial charge in [0.1, 0.15) is 5.82 Å². The van der Waals surface area contributed by atoms with Crippen LogP contribution in [0.4, 0.5) is 5.82 Å². The lowest BCUT2D eigenvalue weighted by Crippen LogP contribution is -2.19. The molecule has 0 fully saturated rings. The molecule has 0 saturated carbocycles. The van der Waals surface area contributed by atoms with E-state index < -0.39 is 0 Å². The predicted molar refractivity (Wildman–Crippen MR) is 66.4 cm³/mol. The van der Waals surface area contributed by atoms with E-state index in [2.05, 4.69) is 31.1 Å². The molecule has 88 valence electrons. The van der Waals surface area contributed by atoms with Gasteiger partial charge < -0.3 is 5.32 Å². The predicted octanol–water partition coefficient (Wildman–Crippen LogP) is 2.97. The summed E-state index contributed by atoms with van der Waals surface area (Å²) >= 11 is 0. The highest BCUT2D eigenvalue weighted by atomic mass is 16.1. The highest BCUT2D eigenvalue weighted by Gasteiger charge is 2.15. The molecular formula is C13H20N2O. The molecule has 0 aliphatic rings. The van der Waals surface area contributed by atoms with E-state index in [-0.39, 0.29) is 17.2 Å². The second-order valence-corrected chi connectivity index (χ2v) is 5.32. The Morgan fingerprint density at radius 3 is 2.50 bits per heavy atom. The fraction of sp³-hybridized carbons (Fsp3) is 0.538. The molecule has 0 radical (unpaired) electrons. The highest BCUT2D eigenvalue weighted by Crippen LogP contribution is 2.23. The van der Waals surface area contributed by atoms with Crippen LogP contribution in [-0.2, 0) is 10.2 Å². The SMILES string of the molecule is CC(C)C(=O)Nc1cc(C(C)(C)C)ccn1. The van der Waals surface area contributed by atoms with Crippen molar-refractivity contribution in [3.63, 3.8) is 0 Å². The number of rotatable bonds is 2. The van der Waals surface area contributed by atoms with Crippen molar-refractivity contribution in [1.29, 1.82) is 0 Å². The topological polar surface area (TPSA) is 42.0 Å². The van der Waals surface area contributed by atoms with Crippen molar-refractivity contribution < 1.29 is 4.79 Å². The van der Waals surface area contributed by atoms with E-state index in [1.165, 1.54) is 5.56 Å². The molecule has 1 aromatic heterocycles. The Hall–Kier alpha value is -1.38. The molecule has 1 N–H and O–H groups in total. The van der Waals surface area contributed by atoms with Crippen LogP contribution in [-0.4, -0.2) is 10.9 Å². The molecule has 3 nitrogen and oxygen atoms in total. The summed E-state index contributed by atoms with van der Waals surface area (Å²) in [7, 11) is 0. The molecule has 1 rings (SSSR count). The van der Waals surface area contributed by atoms with Gasteiger partial charge in [0.05, 0.1) is 0 Å². The monoisotopic (exact) mass is 220 g/mol. The first kappa shape index (κ1) is 12.7. The van der Waals surface area contributed by atoms with Gasteiger partial charge in [-0.2, -0.15) is 0 Å². The summed E-state index contributed by atoms with van der Waals surface area (Å²) < 4.78 is 0. The zero-order valence-corrected chi connectivity index (χ0v) is 10.7. The summed E-state index contributed by atoms with van der Waals surface area (Å²) in [6.45, 7) is 10.1. The molecule has 0 saturated heterocycles. The van der Waals surface area contributed by atoms with Crippen LogP contribution in [0.1, 0.15) is 40.2 Å². The van der Waals surface area contributed by atoms with Crippen LogP contribution in [0.2, 0.25) is 0 Å². The fourth-order valence-corrected chi connectivity index (χ4v) is 1.24. The largest absolute Gasteiger partial charge is 0.310 e. The van der Waals surface area contributed by atoms with Gasteiger partial charge >= 0.3 is 0 Å². The van der Waals surface area contributed by atoms with Gasteiger partial charge in [-0.25, -0.2) is 4.98 Å². The molecule has 0 atom stereocenters. The third kappa shape index (κ3) is 3.33. The Morgan fingerprint density at radius 1 is 1.38 bits per heavy atom. The minimum absolute atomic E-state index is 0.00133. The first-order valence-corrected chi connectivity index (χ1v) is 5.58. The molecular weight excluding hydrogens is 200 g/mol. The van der Waals surface area contributed by atoms with Crippen molar-refractivity contribution in [1.82, 2.24) is 4.98 Å². The molecule has 0 unspecified atom stereocenters. The molecule has 1 heterocycles. The zero-order valence-electron chi connectivity index (χ0n) is 10.7. The van der Waals surface area contributed by atoms with E-state index in [4.69, 9.17) is 0 Å². The quantitative estimate of drug-likeness (QED) is 0.832. The smallest absolute Gasteiger partial charge is 0.228 e. The van der Waals surface area contributed by atoms with E-state index in [9.17, 15) is 4.79 Å². The van der Waals surface area contributed by atoms with E-state index >= 15 is 0 Å². The van der Waals surface area contributed by atoms with Crippen LogP contribution in [0.3, 0.4) is 0 Å². The first-order valence-electron chi connectivity index (χ1n) is 5.58. The summed E-state index contributed by atoms with van der Waals surface area (Å²) in [5, 5.41) is 2.80. The number of amides is 1. The van der Waals surface area contributed by atoms with Crippen molar-refractivity contribution in [2.75, 3.05) is 5.32 Å². The van der Waals surface area contributed by atoms with Crippen LogP contribution >= 0.6 is 0 Å². The van der Waals surface area contributed by atoms with E-state index in [0.29, 0.717) is 5.82 Å².